The highest BCUT2D eigenvalue weighted by atomic mass is 16.6. The number of carboxylic acids is 2. The van der Waals surface area contributed by atoms with E-state index in [1.54, 1.807) is 24.3 Å². The van der Waals surface area contributed by atoms with E-state index in [2.05, 4.69) is 4.90 Å². The first kappa shape index (κ1) is 25.2. The van der Waals surface area contributed by atoms with E-state index >= 15 is 0 Å². The van der Waals surface area contributed by atoms with Crippen LogP contribution in [-0.2, 0) is 23.9 Å². The van der Waals surface area contributed by atoms with Crippen LogP contribution in [0.4, 0.5) is 0 Å². The minimum absolute atomic E-state index is 0.0970. The van der Waals surface area contributed by atoms with E-state index in [-0.39, 0.29) is 18.0 Å². The Morgan fingerprint density at radius 1 is 1.00 bits per heavy atom. The molecule has 2 aliphatic heterocycles. The maximum absolute atomic E-state index is 12.3. The van der Waals surface area contributed by atoms with Crippen LogP contribution >= 0.6 is 0 Å². The number of aliphatic carboxylic acids is 2. The summed E-state index contributed by atoms with van der Waals surface area (Å²) in [5, 5.41) is 32.5. The Balaban J connectivity index is 0.000000309. The zero-order valence-electron chi connectivity index (χ0n) is 17.7. The number of benzene rings is 1. The molecule has 2 bridgehead atoms. The topological polar surface area (TPSA) is 171 Å². The normalized spacial score (nSPS) is 26.1. The molecule has 0 spiro atoms. The highest BCUT2D eigenvalue weighted by molar-refractivity contribution is 5.89. The number of hydrogen-bond acceptors (Lipinski definition) is 9. The molecule has 1 aromatic carbocycles. The van der Waals surface area contributed by atoms with Crippen LogP contribution in [0.5, 0.6) is 0 Å². The predicted molar refractivity (Wildman–Crippen MR) is 108 cm³/mol. The first-order chi connectivity index (χ1) is 15.1. The molecule has 2 fully saturated rings. The van der Waals surface area contributed by atoms with Gasteiger partial charge in [-0.3, -0.25) is 9.69 Å². The number of aliphatic hydroxyl groups is 2. The van der Waals surface area contributed by atoms with Crippen molar-refractivity contribution in [2.24, 2.45) is 5.92 Å². The molecule has 32 heavy (non-hydrogen) atoms. The number of ether oxygens (including phenoxy) is 2. The van der Waals surface area contributed by atoms with E-state index in [4.69, 9.17) is 29.9 Å². The number of piperidine rings is 1. The second kappa shape index (κ2) is 11.0. The predicted octanol–water partition coefficient (Wildman–Crippen LogP) is -0.255. The van der Waals surface area contributed by atoms with E-state index in [0.717, 1.165) is 12.8 Å². The molecular weight excluding hydrogens is 426 g/mol. The van der Waals surface area contributed by atoms with Crippen molar-refractivity contribution in [3.8, 4) is 0 Å². The highest BCUT2D eigenvalue weighted by Gasteiger charge is 2.51. The van der Waals surface area contributed by atoms with Gasteiger partial charge in [0.25, 0.3) is 0 Å². The molecule has 0 radical (unpaired) electrons. The average molecular weight is 453 g/mol. The zero-order chi connectivity index (χ0) is 24.0. The Morgan fingerprint density at radius 2 is 1.56 bits per heavy atom. The van der Waals surface area contributed by atoms with Gasteiger partial charge >= 0.3 is 23.9 Å². The summed E-state index contributed by atoms with van der Waals surface area (Å²) in [6.07, 6.45) is -2.27. The second-order valence-electron chi connectivity index (χ2n) is 7.62. The number of hydrogen-bond donors (Lipinski definition) is 4. The van der Waals surface area contributed by atoms with Gasteiger partial charge in [-0.1, -0.05) is 18.2 Å². The fourth-order valence-electron chi connectivity index (χ4n) is 4.04. The molecule has 2 heterocycles. The van der Waals surface area contributed by atoms with Crippen molar-refractivity contribution in [3.05, 3.63) is 35.9 Å². The number of fused-ring (bicyclic) bond motifs is 2. The van der Waals surface area contributed by atoms with Gasteiger partial charge in [-0.25, -0.2) is 14.4 Å². The van der Waals surface area contributed by atoms with Crippen molar-refractivity contribution < 1.29 is 49.1 Å². The Kier molecular flexibility index (Phi) is 8.70. The molecule has 2 saturated heterocycles. The fourth-order valence-corrected chi connectivity index (χ4v) is 4.04. The van der Waals surface area contributed by atoms with E-state index < -0.39 is 36.2 Å². The third-order valence-corrected chi connectivity index (χ3v) is 5.76. The van der Waals surface area contributed by atoms with Gasteiger partial charge in [0, 0.05) is 18.5 Å². The molecule has 0 saturated carbocycles. The Morgan fingerprint density at radius 3 is 2.06 bits per heavy atom. The summed E-state index contributed by atoms with van der Waals surface area (Å²) in [6.45, 7) is 0. The molecule has 11 heteroatoms. The standard InChI is InChI=1S/C17H21NO4.C4H6O6/c1-18-12-8-9-13(18)15(17(20)21-2)14(10-12)22-16(19)11-6-4-3-5-7-11;5-1(3(7)8)2(6)4(9)10/h3-7,12-15H,8-10H2,1-2H3;1-2,5-6H,(H,7,8)(H,9,10)/t12-,13+,14+,15+;1-,2-/m11/s1. The summed E-state index contributed by atoms with van der Waals surface area (Å²) < 4.78 is 10.6. The van der Waals surface area contributed by atoms with Crippen LogP contribution in [0.1, 0.15) is 29.6 Å². The zero-order valence-corrected chi connectivity index (χ0v) is 17.7. The number of aliphatic hydroxyl groups excluding tert-OH is 2. The highest BCUT2D eigenvalue weighted by Crippen LogP contribution is 2.40. The quantitative estimate of drug-likeness (QED) is 0.418. The third kappa shape index (κ3) is 5.81. The van der Waals surface area contributed by atoms with Gasteiger partial charge in [-0.05, 0) is 32.0 Å². The molecular formula is C21H27NO10. The minimum atomic E-state index is -2.27. The molecule has 176 valence electrons. The summed E-state index contributed by atoms with van der Waals surface area (Å²) in [7, 11) is 3.42. The summed E-state index contributed by atoms with van der Waals surface area (Å²) >= 11 is 0. The number of carbonyl (C=O) groups is 4. The second-order valence-corrected chi connectivity index (χ2v) is 7.62. The van der Waals surface area contributed by atoms with E-state index in [9.17, 15) is 19.2 Å². The summed E-state index contributed by atoms with van der Waals surface area (Å²) in [5.74, 6) is -4.60. The van der Waals surface area contributed by atoms with E-state index in [1.165, 1.54) is 7.11 Å². The number of rotatable bonds is 6. The largest absolute Gasteiger partial charge is 0.479 e. The van der Waals surface area contributed by atoms with Crippen molar-refractivity contribution in [2.75, 3.05) is 14.2 Å². The third-order valence-electron chi connectivity index (χ3n) is 5.76. The number of carbonyl (C=O) groups excluding carboxylic acids is 2. The van der Waals surface area contributed by atoms with Crippen LogP contribution in [0.15, 0.2) is 30.3 Å². The molecule has 2 aliphatic rings. The van der Waals surface area contributed by atoms with Crippen molar-refractivity contribution in [1.82, 2.24) is 4.90 Å². The maximum Gasteiger partial charge on any atom is 0.338 e. The van der Waals surface area contributed by atoms with Gasteiger partial charge < -0.3 is 29.9 Å². The van der Waals surface area contributed by atoms with Gasteiger partial charge in [0.05, 0.1) is 12.7 Å². The number of nitrogens with zero attached hydrogens (tertiary/aromatic N) is 1. The van der Waals surface area contributed by atoms with Crippen molar-refractivity contribution in [3.63, 3.8) is 0 Å². The van der Waals surface area contributed by atoms with Crippen LogP contribution in [0.25, 0.3) is 0 Å². The van der Waals surface area contributed by atoms with Crippen LogP contribution < -0.4 is 0 Å². The van der Waals surface area contributed by atoms with Crippen LogP contribution in [0, 0.1) is 5.92 Å². The molecule has 3 rings (SSSR count). The van der Waals surface area contributed by atoms with Gasteiger partial charge in [-0.15, -0.1) is 0 Å². The molecule has 1 aromatic rings. The molecule has 0 aliphatic carbocycles. The van der Waals surface area contributed by atoms with Crippen LogP contribution in [0.3, 0.4) is 0 Å². The molecule has 6 atom stereocenters. The SMILES string of the molecule is COC(=O)[C@@H]1[C@@H](OC(=O)c2ccccc2)C[C@H]2CC[C@@H]1N2C.O=C(O)[C@H](O)[C@@H](O)C(=O)O. The first-order valence-corrected chi connectivity index (χ1v) is 9.96. The van der Waals surface area contributed by atoms with E-state index in [1.807, 2.05) is 13.1 Å². The molecule has 11 nitrogen and oxygen atoms in total. The van der Waals surface area contributed by atoms with Crippen molar-refractivity contribution >= 4 is 23.9 Å². The van der Waals surface area contributed by atoms with Crippen LogP contribution in [-0.4, -0.2) is 93.8 Å². The number of methoxy groups -OCH3 is 1. The van der Waals surface area contributed by atoms with E-state index in [0.29, 0.717) is 18.0 Å². The lowest BCUT2D eigenvalue weighted by Gasteiger charge is -2.40. The maximum atomic E-state index is 12.3. The minimum Gasteiger partial charge on any atom is -0.479 e. The Hall–Kier alpha value is -3.02. The first-order valence-electron chi connectivity index (χ1n) is 9.96. The lowest BCUT2D eigenvalue weighted by atomic mass is 9.87. The molecule has 4 N–H and O–H groups in total. The summed E-state index contributed by atoms with van der Waals surface area (Å²) in [4.78, 5) is 46.3. The van der Waals surface area contributed by atoms with Crippen molar-refractivity contribution in [1.29, 1.82) is 0 Å². The smallest absolute Gasteiger partial charge is 0.338 e. The number of esters is 2. The molecule has 0 aromatic heterocycles. The fraction of sp³-hybridized carbons (Fsp3) is 0.524. The van der Waals surface area contributed by atoms with Gasteiger partial charge in [-0.2, -0.15) is 0 Å². The monoisotopic (exact) mass is 453 g/mol. The van der Waals surface area contributed by atoms with Gasteiger partial charge in [0.15, 0.2) is 12.2 Å². The molecule has 0 amide bonds. The summed E-state index contributed by atoms with van der Waals surface area (Å²) in [6, 6.07) is 9.36. The Labute approximate surface area is 184 Å². The van der Waals surface area contributed by atoms with Gasteiger partial charge in [0.1, 0.15) is 12.0 Å². The lowest BCUT2D eigenvalue weighted by molar-refractivity contribution is -0.165. The lowest BCUT2D eigenvalue weighted by Crippen LogP contribution is -2.53. The average Bonchev–Trinajstić information content (AvgIpc) is 3.01. The number of carboxylic acid groups (broad SMARTS) is 2. The van der Waals surface area contributed by atoms with Crippen molar-refractivity contribution in [2.45, 2.75) is 49.7 Å². The molecule has 0 unspecified atom stereocenters. The Bertz CT molecular complexity index is 811. The van der Waals surface area contributed by atoms with Crippen LogP contribution in [0.2, 0.25) is 0 Å². The van der Waals surface area contributed by atoms with Gasteiger partial charge in [0.2, 0.25) is 0 Å². The summed E-state index contributed by atoms with van der Waals surface area (Å²) in [5.41, 5.74) is 0.511.